The summed E-state index contributed by atoms with van der Waals surface area (Å²) in [7, 11) is 1.11. The first-order chi connectivity index (χ1) is 17.0. The number of carbonyl (C=O) groups is 3. The summed E-state index contributed by atoms with van der Waals surface area (Å²) in [4.78, 5) is 37.1. The molecule has 3 rings (SSSR count). The number of ether oxygens (including phenoxy) is 3. The van der Waals surface area contributed by atoms with Crippen molar-refractivity contribution in [3.63, 3.8) is 0 Å². The van der Waals surface area contributed by atoms with Crippen molar-refractivity contribution in [2.24, 2.45) is 0 Å². The third-order valence-corrected chi connectivity index (χ3v) is 5.83. The third-order valence-electron chi connectivity index (χ3n) is 4.64. The molecule has 0 unspecified atom stereocenters. The number of hydrogen-bond acceptors (Lipinski definition) is 8. The highest BCUT2D eigenvalue weighted by atomic mass is 32.1. The molecule has 0 radical (unpaired) electrons. The minimum Gasteiger partial charge on any atom is -0.479 e. The predicted octanol–water partition coefficient (Wildman–Crippen LogP) is 5.14. The van der Waals surface area contributed by atoms with Gasteiger partial charge < -0.3 is 23.9 Å². The molecule has 1 amide bonds. The van der Waals surface area contributed by atoms with E-state index in [9.17, 15) is 36.3 Å². The van der Waals surface area contributed by atoms with Gasteiger partial charge in [-0.1, -0.05) is 0 Å². The van der Waals surface area contributed by atoms with E-state index in [4.69, 9.17) is 13.9 Å². The van der Waals surface area contributed by atoms with Gasteiger partial charge in [-0.3, -0.25) is 4.79 Å². The Morgan fingerprint density at radius 3 is 2.17 bits per heavy atom. The van der Waals surface area contributed by atoms with Crippen LogP contribution in [0.2, 0.25) is 0 Å². The Morgan fingerprint density at radius 1 is 0.972 bits per heavy atom. The molecule has 0 saturated carbocycles. The fraction of sp³-hybridized carbons (Fsp3) is 0.227. The molecule has 14 heteroatoms. The lowest BCUT2D eigenvalue weighted by Crippen LogP contribution is -2.13. The molecule has 1 aromatic carbocycles. The lowest BCUT2D eigenvalue weighted by molar-refractivity contribution is 0.0531. The molecular weight excluding hydrogens is 517 g/mol. The van der Waals surface area contributed by atoms with Gasteiger partial charge in [0, 0.05) is 0 Å². The number of furan rings is 1. The predicted molar refractivity (Wildman–Crippen MR) is 114 cm³/mol. The number of halogens is 5. The third kappa shape index (κ3) is 5.03. The number of hydrogen-bond donors (Lipinski definition) is 1. The Morgan fingerprint density at radius 2 is 1.58 bits per heavy atom. The highest BCUT2D eigenvalue weighted by Gasteiger charge is 2.29. The summed E-state index contributed by atoms with van der Waals surface area (Å²) in [6.45, 7) is 2.35. The van der Waals surface area contributed by atoms with Crippen LogP contribution in [0.3, 0.4) is 0 Å². The standard InChI is InChI=1S/C22H16F5NO7S/c1-4-33-22(31)18-8(2)11(21(30)32-3)20(36-18)28-19(29)10-6-5-9(35-10)7-34-17-15(26)13(24)12(23)14(25)16(17)27/h5-6H,4,7H2,1-3H3,(H,28,29). The molecule has 8 nitrogen and oxygen atoms in total. The van der Waals surface area contributed by atoms with Gasteiger partial charge in [-0.25, -0.2) is 22.8 Å². The zero-order chi connectivity index (χ0) is 26.7. The Labute approximate surface area is 203 Å². The molecule has 192 valence electrons. The number of amides is 1. The second kappa shape index (κ2) is 10.8. The fourth-order valence-electron chi connectivity index (χ4n) is 2.94. The van der Waals surface area contributed by atoms with Crippen LogP contribution in [-0.4, -0.2) is 31.6 Å². The first kappa shape index (κ1) is 26.7. The van der Waals surface area contributed by atoms with Crippen molar-refractivity contribution in [2.45, 2.75) is 20.5 Å². The van der Waals surface area contributed by atoms with E-state index in [1.165, 1.54) is 6.92 Å². The van der Waals surface area contributed by atoms with Crippen LogP contribution < -0.4 is 10.1 Å². The van der Waals surface area contributed by atoms with Gasteiger partial charge in [0.1, 0.15) is 22.2 Å². The zero-order valence-electron chi connectivity index (χ0n) is 18.7. The number of thiophene rings is 1. The second-order valence-electron chi connectivity index (χ2n) is 6.88. The molecule has 0 saturated heterocycles. The summed E-state index contributed by atoms with van der Waals surface area (Å²) in [6.07, 6.45) is 0. The van der Waals surface area contributed by atoms with Crippen LogP contribution in [-0.2, 0) is 16.1 Å². The van der Waals surface area contributed by atoms with Gasteiger partial charge in [-0.15, -0.1) is 11.3 Å². The van der Waals surface area contributed by atoms with E-state index in [0.29, 0.717) is 0 Å². The Balaban J connectivity index is 1.80. The number of nitrogens with one attached hydrogen (secondary N) is 1. The second-order valence-corrected chi connectivity index (χ2v) is 7.90. The van der Waals surface area contributed by atoms with E-state index in [1.54, 1.807) is 6.92 Å². The molecule has 3 aromatic rings. The highest BCUT2D eigenvalue weighted by Crippen LogP contribution is 2.35. The molecule has 2 aromatic heterocycles. The van der Waals surface area contributed by atoms with E-state index in [-0.39, 0.29) is 39.1 Å². The first-order valence-corrected chi connectivity index (χ1v) is 10.8. The molecule has 0 spiro atoms. The molecule has 2 heterocycles. The van der Waals surface area contributed by atoms with Crippen LogP contribution in [0.1, 0.15) is 48.8 Å². The lowest BCUT2D eigenvalue weighted by atomic mass is 10.1. The maximum Gasteiger partial charge on any atom is 0.348 e. The molecule has 36 heavy (non-hydrogen) atoms. The smallest absolute Gasteiger partial charge is 0.348 e. The average Bonchev–Trinajstić information content (AvgIpc) is 3.45. The van der Waals surface area contributed by atoms with E-state index >= 15 is 0 Å². The number of rotatable bonds is 8. The minimum absolute atomic E-state index is 0.0389. The number of carbonyl (C=O) groups excluding carboxylic acids is 3. The molecule has 0 aliphatic heterocycles. The van der Waals surface area contributed by atoms with Crippen molar-refractivity contribution >= 4 is 34.2 Å². The van der Waals surface area contributed by atoms with E-state index < -0.39 is 59.3 Å². The van der Waals surface area contributed by atoms with Crippen molar-refractivity contribution in [3.05, 3.63) is 68.7 Å². The van der Waals surface area contributed by atoms with E-state index in [0.717, 1.165) is 30.6 Å². The number of anilines is 1. The summed E-state index contributed by atoms with van der Waals surface area (Å²) >= 11 is 0.764. The van der Waals surface area contributed by atoms with Crippen LogP contribution in [0.5, 0.6) is 5.75 Å². The molecule has 1 N–H and O–H groups in total. The van der Waals surface area contributed by atoms with Gasteiger partial charge in [0.05, 0.1) is 19.3 Å². The summed E-state index contributed by atoms with van der Waals surface area (Å²) in [5, 5.41) is 2.36. The van der Waals surface area contributed by atoms with Crippen LogP contribution in [0, 0.1) is 36.0 Å². The Bertz CT molecular complexity index is 1320. The van der Waals surface area contributed by atoms with Gasteiger partial charge in [0.25, 0.3) is 5.91 Å². The van der Waals surface area contributed by atoms with E-state index in [2.05, 4.69) is 10.1 Å². The van der Waals surface area contributed by atoms with Gasteiger partial charge in [-0.05, 0) is 31.5 Å². The average molecular weight is 533 g/mol. The summed E-state index contributed by atoms with van der Waals surface area (Å²) in [5.41, 5.74) is 0.136. The first-order valence-electron chi connectivity index (χ1n) is 9.94. The minimum atomic E-state index is -2.34. The van der Waals surface area contributed by atoms with E-state index in [1.807, 2.05) is 0 Å². The topological polar surface area (TPSA) is 104 Å². The largest absolute Gasteiger partial charge is 0.479 e. The molecule has 0 fully saturated rings. The molecule has 0 aliphatic rings. The van der Waals surface area contributed by atoms with Crippen LogP contribution >= 0.6 is 11.3 Å². The number of methoxy groups -OCH3 is 1. The monoisotopic (exact) mass is 533 g/mol. The van der Waals surface area contributed by atoms with Crippen molar-refractivity contribution in [2.75, 3.05) is 19.0 Å². The van der Waals surface area contributed by atoms with Crippen molar-refractivity contribution < 1.29 is 55.0 Å². The Hall–Kier alpha value is -3.94. The maximum absolute atomic E-state index is 13.7. The van der Waals surface area contributed by atoms with Crippen molar-refractivity contribution in [3.8, 4) is 5.75 Å². The summed E-state index contributed by atoms with van der Waals surface area (Å²) in [5.74, 6) is -15.5. The van der Waals surface area contributed by atoms with Crippen LogP contribution in [0.4, 0.5) is 27.0 Å². The van der Waals surface area contributed by atoms with Gasteiger partial charge in [0.15, 0.2) is 11.5 Å². The van der Waals surface area contributed by atoms with Crippen LogP contribution in [0.25, 0.3) is 0 Å². The molecule has 0 atom stereocenters. The quantitative estimate of drug-likeness (QED) is 0.185. The lowest BCUT2D eigenvalue weighted by Gasteiger charge is -2.09. The fourth-order valence-corrected chi connectivity index (χ4v) is 4.02. The Kier molecular flexibility index (Phi) is 7.97. The number of esters is 2. The SMILES string of the molecule is CCOC(=O)c1sc(NC(=O)c2ccc(COc3c(F)c(F)c(F)c(F)c3F)o2)c(C(=O)OC)c1C. The molecule has 0 aliphatic carbocycles. The van der Waals surface area contributed by atoms with Crippen molar-refractivity contribution in [1.29, 1.82) is 0 Å². The van der Waals surface area contributed by atoms with Crippen molar-refractivity contribution in [1.82, 2.24) is 0 Å². The van der Waals surface area contributed by atoms with Crippen LogP contribution in [0.15, 0.2) is 16.5 Å². The van der Waals surface area contributed by atoms with Gasteiger partial charge >= 0.3 is 11.9 Å². The molecule has 0 bridgehead atoms. The molecular formula is C22H16F5NO7S. The summed E-state index contributed by atoms with van der Waals surface area (Å²) in [6, 6.07) is 2.29. The zero-order valence-corrected chi connectivity index (χ0v) is 19.5. The maximum atomic E-state index is 13.7. The number of benzene rings is 1. The van der Waals surface area contributed by atoms with Gasteiger partial charge in [0.2, 0.25) is 29.1 Å². The highest BCUT2D eigenvalue weighted by molar-refractivity contribution is 7.18. The van der Waals surface area contributed by atoms with Gasteiger partial charge in [-0.2, -0.15) is 8.78 Å². The summed E-state index contributed by atoms with van der Waals surface area (Å²) < 4.78 is 86.8. The normalized spacial score (nSPS) is 10.8.